The van der Waals surface area contributed by atoms with Crippen molar-refractivity contribution in [3.63, 3.8) is 0 Å². The van der Waals surface area contributed by atoms with E-state index in [1.807, 2.05) is 24.3 Å². The first-order chi connectivity index (χ1) is 8.70. The third-order valence-electron chi connectivity index (χ3n) is 2.84. The average molecular weight is 243 g/mol. The lowest BCUT2D eigenvalue weighted by molar-refractivity contribution is 0.0992. The van der Waals surface area contributed by atoms with Crippen molar-refractivity contribution in [1.29, 1.82) is 0 Å². The molecule has 0 unspecified atom stereocenters. The summed E-state index contributed by atoms with van der Waals surface area (Å²) in [6.45, 7) is 0.395. The molecule has 0 spiro atoms. The molecule has 0 saturated carbocycles. The Morgan fingerprint density at radius 1 is 1.06 bits per heavy atom. The lowest BCUT2D eigenvalue weighted by Gasteiger charge is -2.06. The summed E-state index contributed by atoms with van der Waals surface area (Å²) < 4.78 is 13.0. The second-order valence-corrected chi connectivity index (χ2v) is 4.08. The van der Waals surface area contributed by atoms with Crippen molar-refractivity contribution in [3.8, 4) is 0 Å². The van der Waals surface area contributed by atoms with Crippen LogP contribution in [0.3, 0.4) is 0 Å². The summed E-state index contributed by atoms with van der Waals surface area (Å²) in [5.74, 6) is -0.497. The molecule has 0 aromatic heterocycles. The molecular weight excluding hydrogens is 229 g/mol. The first kappa shape index (κ1) is 12.5. The van der Waals surface area contributed by atoms with Gasteiger partial charge in [0.05, 0.1) is 0 Å². The molecule has 2 aromatic carbocycles. The number of rotatable bonds is 4. The SMILES string of the molecule is NCc1ccccc1CC(=O)c1cccc(F)c1. The number of halogens is 1. The molecule has 0 aliphatic carbocycles. The molecular formula is C15H14FNO. The Morgan fingerprint density at radius 3 is 2.44 bits per heavy atom. The molecule has 0 amide bonds. The zero-order valence-corrected chi connectivity index (χ0v) is 9.90. The molecule has 2 rings (SSSR count). The minimum absolute atomic E-state index is 0.101. The Bertz CT molecular complexity index is 566. The number of Topliss-reactive ketones (excluding diaryl/α,β-unsaturated/α-hetero) is 1. The van der Waals surface area contributed by atoms with Gasteiger partial charge in [0.2, 0.25) is 0 Å². The highest BCUT2D eigenvalue weighted by molar-refractivity contribution is 5.97. The molecule has 0 aliphatic rings. The summed E-state index contributed by atoms with van der Waals surface area (Å²) in [5, 5.41) is 0. The third-order valence-corrected chi connectivity index (χ3v) is 2.84. The summed E-state index contributed by atoms with van der Waals surface area (Å²) in [4.78, 5) is 12.0. The maximum absolute atomic E-state index is 13.0. The van der Waals surface area contributed by atoms with E-state index in [1.165, 1.54) is 18.2 Å². The topological polar surface area (TPSA) is 43.1 Å². The highest BCUT2D eigenvalue weighted by atomic mass is 19.1. The predicted molar refractivity (Wildman–Crippen MR) is 68.8 cm³/mol. The molecule has 2 aromatic rings. The largest absolute Gasteiger partial charge is 0.326 e. The highest BCUT2D eigenvalue weighted by Crippen LogP contribution is 2.13. The molecule has 0 radical (unpaired) electrons. The number of carbonyl (C=O) groups is 1. The molecule has 0 heterocycles. The molecule has 3 heteroatoms. The second kappa shape index (κ2) is 5.56. The van der Waals surface area contributed by atoms with Gasteiger partial charge in [-0.25, -0.2) is 4.39 Å². The number of hydrogen-bond acceptors (Lipinski definition) is 2. The Morgan fingerprint density at radius 2 is 1.78 bits per heavy atom. The van der Waals surface area contributed by atoms with Crippen LogP contribution < -0.4 is 5.73 Å². The summed E-state index contributed by atoms with van der Waals surface area (Å²) >= 11 is 0. The Hall–Kier alpha value is -2.00. The van der Waals surface area contributed by atoms with E-state index in [9.17, 15) is 9.18 Å². The van der Waals surface area contributed by atoms with E-state index in [1.54, 1.807) is 6.07 Å². The van der Waals surface area contributed by atoms with Gasteiger partial charge in [0.15, 0.2) is 5.78 Å². The van der Waals surface area contributed by atoms with Crippen LogP contribution >= 0.6 is 0 Å². The molecule has 92 valence electrons. The van der Waals surface area contributed by atoms with Gasteiger partial charge < -0.3 is 5.73 Å². The van der Waals surface area contributed by atoms with E-state index >= 15 is 0 Å². The maximum atomic E-state index is 13.0. The molecule has 0 atom stereocenters. The van der Waals surface area contributed by atoms with Crippen LogP contribution in [0.15, 0.2) is 48.5 Å². The second-order valence-electron chi connectivity index (χ2n) is 4.08. The fraction of sp³-hybridized carbons (Fsp3) is 0.133. The number of ketones is 1. The van der Waals surface area contributed by atoms with Gasteiger partial charge in [-0.1, -0.05) is 36.4 Å². The fourth-order valence-electron chi connectivity index (χ4n) is 1.87. The van der Waals surface area contributed by atoms with Gasteiger partial charge in [-0.3, -0.25) is 4.79 Å². The first-order valence-corrected chi connectivity index (χ1v) is 5.76. The molecule has 18 heavy (non-hydrogen) atoms. The molecule has 0 bridgehead atoms. The molecule has 0 aliphatic heterocycles. The van der Waals surface area contributed by atoms with Crippen LogP contribution in [-0.2, 0) is 13.0 Å². The number of nitrogens with two attached hydrogens (primary N) is 1. The summed E-state index contributed by atoms with van der Waals surface area (Å²) in [5.41, 5.74) is 7.85. The van der Waals surface area contributed by atoms with Crippen LogP contribution in [0.4, 0.5) is 4.39 Å². The Labute approximate surface area is 105 Å². The van der Waals surface area contributed by atoms with Gasteiger partial charge in [-0.2, -0.15) is 0 Å². The van der Waals surface area contributed by atoms with Crippen LogP contribution in [0.2, 0.25) is 0 Å². The zero-order chi connectivity index (χ0) is 13.0. The summed E-state index contributed by atoms with van der Waals surface area (Å²) in [6, 6.07) is 13.3. The van der Waals surface area contributed by atoms with Gasteiger partial charge in [0.1, 0.15) is 5.82 Å². The fourth-order valence-corrected chi connectivity index (χ4v) is 1.87. The molecule has 0 saturated heterocycles. The van der Waals surface area contributed by atoms with Crippen LogP contribution in [0.5, 0.6) is 0 Å². The van der Waals surface area contributed by atoms with E-state index in [2.05, 4.69) is 0 Å². The normalized spacial score (nSPS) is 10.3. The monoisotopic (exact) mass is 243 g/mol. The Kier molecular flexibility index (Phi) is 3.85. The quantitative estimate of drug-likeness (QED) is 0.839. The minimum Gasteiger partial charge on any atom is -0.326 e. The number of carbonyl (C=O) groups excluding carboxylic acids is 1. The molecule has 2 N–H and O–H groups in total. The van der Waals surface area contributed by atoms with Gasteiger partial charge in [-0.15, -0.1) is 0 Å². The summed E-state index contributed by atoms with van der Waals surface area (Å²) in [7, 11) is 0. The average Bonchev–Trinajstić information content (AvgIpc) is 2.39. The first-order valence-electron chi connectivity index (χ1n) is 5.76. The molecule has 2 nitrogen and oxygen atoms in total. The van der Waals surface area contributed by atoms with E-state index in [0.29, 0.717) is 12.1 Å². The maximum Gasteiger partial charge on any atom is 0.167 e. The van der Waals surface area contributed by atoms with E-state index in [-0.39, 0.29) is 12.2 Å². The van der Waals surface area contributed by atoms with Crippen LogP contribution in [0, 0.1) is 5.82 Å². The van der Waals surface area contributed by atoms with Gasteiger partial charge >= 0.3 is 0 Å². The van der Waals surface area contributed by atoms with Crippen molar-refractivity contribution in [2.75, 3.05) is 0 Å². The lowest BCUT2D eigenvalue weighted by Crippen LogP contribution is -2.08. The number of benzene rings is 2. The lowest BCUT2D eigenvalue weighted by atomic mass is 9.99. The number of hydrogen-bond donors (Lipinski definition) is 1. The third kappa shape index (κ3) is 2.81. The van der Waals surface area contributed by atoms with Gasteiger partial charge in [-0.05, 0) is 23.3 Å². The van der Waals surface area contributed by atoms with Crippen molar-refractivity contribution in [2.45, 2.75) is 13.0 Å². The van der Waals surface area contributed by atoms with Crippen molar-refractivity contribution >= 4 is 5.78 Å². The Balaban J connectivity index is 2.21. The minimum atomic E-state index is -0.395. The van der Waals surface area contributed by atoms with E-state index in [0.717, 1.165) is 11.1 Å². The smallest absolute Gasteiger partial charge is 0.167 e. The molecule has 0 fully saturated rings. The van der Waals surface area contributed by atoms with Crippen molar-refractivity contribution < 1.29 is 9.18 Å². The predicted octanol–water partition coefficient (Wildman–Crippen LogP) is 2.71. The zero-order valence-electron chi connectivity index (χ0n) is 9.90. The summed E-state index contributed by atoms with van der Waals surface area (Å²) in [6.07, 6.45) is 0.247. The van der Waals surface area contributed by atoms with E-state index < -0.39 is 5.82 Å². The van der Waals surface area contributed by atoms with Crippen LogP contribution in [-0.4, -0.2) is 5.78 Å². The van der Waals surface area contributed by atoms with Gasteiger partial charge in [0.25, 0.3) is 0 Å². The van der Waals surface area contributed by atoms with Crippen molar-refractivity contribution in [1.82, 2.24) is 0 Å². The van der Waals surface area contributed by atoms with Crippen LogP contribution in [0.1, 0.15) is 21.5 Å². The van der Waals surface area contributed by atoms with Crippen molar-refractivity contribution in [3.05, 3.63) is 71.0 Å². The standard InChI is InChI=1S/C15H14FNO/c16-14-7-3-6-12(8-14)15(18)9-11-4-1-2-5-13(11)10-17/h1-8H,9-10,17H2. The highest BCUT2D eigenvalue weighted by Gasteiger charge is 2.10. The van der Waals surface area contributed by atoms with E-state index in [4.69, 9.17) is 5.73 Å². The van der Waals surface area contributed by atoms with Crippen LogP contribution in [0.25, 0.3) is 0 Å². The van der Waals surface area contributed by atoms with Crippen molar-refractivity contribution in [2.24, 2.45) is 5.73 Å². The van der Waals surface area contributed by atoms with Gasteiger partial charge in [0, 0.05) is 18.5 Å².